The SMILES string of the molecule is Cc1oc(S(=O)(=O)N(C)C)cc1C(=O)Nc1ccc2nc(SCC(F)F)sc2c1. The molecule has 0 saturated carbocycles. The van der Waals surface area contributed by atoms with E-state index in [1.807, 2.05) is 0 Å². The van der Waals surface area contributed by atoms with Gasteiger partial charge in [0.2, 0.25) is 11.5 Å². The van der Waals surface area contributed by atoms with Crippen molar-refractivity contribution >= 4 is 54.9 Å². The second-order valence-electron chi connectivity index (χ2n) is 6.14. The average molecular weight is 462 g/mol. The molecule has 1 aromatic carbocycles. The number of nitrogens with one attached hydrogen (secondary N) is 1. The fourth-order valence-corrected chi connectivity index (χ4v) is 5.10. The van der Waals surface area contributed by atoms with E-state index in [0.717, 1.165) is 20.8 Å². The van der Waals surface area contributed by atoms with Crippen LogP contribution in [-0.2, 0) is 10.0 Å². The van der Waals surface area contributed by atoms with Crippen LogP contribution in [0.25, 0.3) is 10.2 Å². The molecule has 3 aromatic rings. The zero-order valence-corrected chi connectivity index (χ0v) is 18.1. The normalized spacial score (nSPS) is 12.2. The van der Waals surface area contributed by atoms with Crippen LogP contribution in [0.2, 0.25) is 0 Å². The number of halogens is 2. The minimum atomic E-state index is -3.80. The van der Waals surface area contributed by atoms with Crippen LogP contribution in [0.5, 0.6) is 0 Å². The Morgan fingerprint density at radius 2 is 2.07 bits per heavy atom. The van der Waals surface area contributed by atoms with Crippen LogP contribution >= 0.6 is 23.1 Å². The number of alkyl halides is 2. The molecule has 12 heteroatoms. The number of anilines is 1. The third-order valence-corrected chi connectivity index (χ3v) is 7.68. The molecule has 0 radical (unpaired) electrons. The molecule has 0 aliphatic carbocycles. The highest BCUT2D eigenvalue weighted by Crippen LogP contribution is 2.32. The Kier molecular flexibility index (Phi) is 6.27. The van der Waals surface area contributed by atoms with Crippen LogP contribution in [0.15, 0.2) is 38.1 Å². The van der Waals surface area contributed by atoms with Crippen LogP contribution in [0.1, 0.15) is 16.1 Å². The summed E-state index contributed by atoms with van der Waals surface area (Å²) in [5, 5.41) is 2.37. The van der Waals surface area contributed by atoms with Gasteiger partial charge in [-0.3, -0.25) is 4.79 Å². The highest BCUT2D eigenvalue weighted by molar-refractivity contribution is 8.01. The highest BCUT2D eigenvalue weighted by atomic mass is 32.2. The van der Waals surface area contributed by atoms with Crippen molar-refractivity contribution in [1.29, 1.82) is 0 Å². The Labute approximate surface area is 174 Å². The van der Waals surface area contributed by atoms with Gasteiger partial charge in [-0.1, -0.05) is 11.8 Å². The van der Waals surface area contributed by atoms with Crippen molar-refractivity contribution in [2.45, 2.75) is 22.8 Å². The lowest BCUT2D eigenvalue weighted by atomic mass is 10.2. The van der Waals surface area contributed by atoms with E-state index in [2.05, 4.69) is 10.3 Å². The fourth-order valence-electron chi connectivity index (χ4n) is 2.36. The van der Waals surface area contributed by atoms with E-state index in [0.29, 0.717) is 15.5 Å². The number of fused-ring (bicyclic) bond motifs is 1. The molecule has 1 amide bonds. The molecule has 0 aliphatic heterocycles. The number of carbonyl (C=O) groups is 1. The summed E-state index contributed by atoms with van der Waals surface area (Å²) in [6, 6.07) is 6.18. The van der Waals surface area contributed by atoms with E-state index < -0.39 is 22.4 Å². The molecule has 0 spiro atoms. The van der Waals surface area contributed by atoms with Gasteiger partial charge in [-0.25, -0.2) is 26.5 Å². The molecular formula is C17H17F2N3O4S3. The van der Waals surface area contributed by atoms with Crippen molar-refractivity contribution in [3.8, 4) is 0 Å². The third-order valence-electron chi connectivity index (χ3n) is 3.83. The minimum Gasteiger partial charge on any atom is -0.448 e. The van der Waals surface area contributed by atoms with Crippen molar-refractivity contribution in [2.75, 3.05) is 25.2 Å². The molecule has 0 unspecified atom stereocenters. The lowest BCUT2D eigenvalue weighted by Gasteiger charge is -2.07. The molecule has 2 aromatic heterocycles. The fraction of sp³-hybridized carbons (Fsp3) is 0.294. The van der Waals surface area contributed by atoms with E-state index >= 15 is 0 Å². The zero-order valence-electron chi connectivity index (χ0n) is 15.6. The lowest BCUT2D eigenvalue weighted by Crippen LogP contribution is -2.21. The van der Waals surface area contributed by atoms with Crippen LogP contribution < -0.4 is 5.32 Å². The molecule has 7 nitrogen and oxygen atoms in total. The molecule has 0 fully saturated rings. The van der Waals surface area contributed by atoms with Crippen LogP contribution in [0.4, 0.5) is 14.5 Å². The lowest BCUT2D eigenvalue weighted by molar-refractivity contribution is 0.102. The van der Waals surface area contributed by atoms with Gasteiger partial charge in [0.25, 0.3) is 15.9 Å². The van der Waals surface area contributed by atoms with Crippen molar-refractivity contribution in [3.63, 3.8) is 0 Å². The number of thiazole rings is 1. The Bertz CT molecular complexity index is 1160. The van der Waals surface area contributed by atoms with Crippen molar-refractivity contribution < 1.29 is 26.4 Å². The smallest absolute Gasteiger partial charge is 0.275 e. The quantitative estimate of drug-likeness (QED) is 0.534. The summed E-state index contributed by atoms with van der Waals surface area (Å²) < 4.78 is 56.6. The number of benzene rings is 1. The zero-order chi connectivity index (χ0) is 21.3. The van der Waals surface area contributed by atoms with Crippen LogP contribution in [0.3, 0.4) is 0 Å². The van der Waals surface area contributed by atoms with E-state index in [-0.39, 0.29) is 22.2 Å². The van der Waals surface area contributed by atoms with E-state index in [9.17, 15) is 22.0 Å². The summed E-state index contributed by atoms with van der Waals surface area (Å²) >= 11 is 2.23. The second kappa shape index (κ2) is 8.38. The summed E-state index contributed by atoms with van der Waals surface area (Å²) in [7, 11) is -1.07. The molecule has 0 atom stereocenters. The van der Waals surface area contributed by atoms with E-state index in [4.69, 9.17) is 4.42 Å². The monoisotopic (exact) mass is 461 g/mol. The van der Waals surface area contributed by atoms with Crippen molar-refractivity contribution in [2.24, 2.45) is 0 Å². The maximum Gasteiger partial charge on any atom is 0.275 e. The number of carbonyl (C=O) groups excluding carboxylic acids is 1. The molecular weight excluding hydrogens is 444 g/mol. The van der Waals surface area contributed by atoms with E-state index in [1.54, 1.807) is 18.2 Å². The van der Waals surface area contributed by atoms with Gasteiger partial charge in [-0.15, -0.1) is 11.3 Å². The first-order valence-corrected chi connectivity index (χ1v) is 11.5. The molecule has 0 bridgehead atoms. The van der Waals surface area contributed by atoms with Gasteiger partial charge in [0.1, 0.15) is 5.76 Å². The van der Waals surface area contributed by atoms with Crippen molar-refractivity contribution in [1.82, 2.24) is 9.29 Å². The number of sulfonamides is 1. The minimum absolute atomic E-state index is 0.100. The number of aryl methyl sites for hydroxylation is 1. The van der Waals surface area contributed by atoms with Gasteiger partial charge in [0.15, 0.2) is 4.34 Å². The number of thioether (sulfide) groups is 1. The first-order valence-electron chi connectivity index (χ1n) is 8.24. The standard InChI is InChI=1S/C17H17F2N3O4S3/c1-9-11(7-15(26-9)29(24,25)22(2)3)16(23)20-10-4-5-12-13(6-10)28-17(21-12)27-8-14(18)19/h4-7,14H,8H2,1-3H3,(H,20,23). The number of hydrogen-bond acceptors (Lipinski definition) is 7. The number of hydrogen-bond donors (Lipinski definition) is 1. The molecule has 29 heavy (non-hydrogen) atoms. The molecule has 0 saturated heterocycles. The number of nitrogens with zero attached hydrogens (tertiary/aromatic N) is 2. The third kappa shape index (κ3) is 4.77. The Balaban J connectivity index is 1.80. The van der Waals surface area contributed by atoms with Crippen LogP contribution in [0, 0.1) is 6.92 Å². The van der Waals surface area contributed by atoms with Gasteiger partial charge < -0.3 is 9.73 Å². The summed E-state index contributed by atoms with van der Waals surface area (Å²) in [6.07, 6.45) is -2.42. The topological polar surface area (TPSA) is 92.5 Å². The summed E-state index contributed by atoms with van der Waals surface area (Å²) in [5.41, 5.74) is 1.21. The maximum atomic E-state index is 12.6. The van der Waals surface area contributed by atoms with Crippen molar-refractivity contribution in [3.05, 3.63) is 35.6 Å². The Morgan fingerprint density at radius 1 is 1.34 bits per heavy atom. The van der Waals surface area contributed by atoms with Gasteiger partial charge in [0, 0.05) is 25.8 Å². The Morgan fingerprint density at radius 3 is 2.72 bits per heavy atom. The number of furan rings is 1. The molecule has 0 aliphatic rings. The molecule has 3 rings (SSSR count). The molecule has 156 valence electrons. The second-order valence-corrected chi connectivity index (χ2v) is 10.5. The average Bonchev–Trinajstić information content (AvgIpc) is 3.22. The molecule has 1 N–H and O–H groups in total. The Hall–Kier alpha value is -2.02. The largest absolute Gasteiger partial charge is 0.448 e. The summed E-state index contributed by atoms with van der Waals surface area (Å²) in [6.45, 7) is 1.50. The number of aromatic nitrogens is 1. The summed E-state index contributed by atoms with van der Waals surface area (Å²) in [4.78, 5) is 16.9. The number of rotatable bonds is 7. The summed E-state index contributed by atoms with van der Waals surface area (Å²) in [5.74, 6) is -0.684. The first kappa shape index (κ1) is 21.7. The van der Waals surface area contributed by atoms with Gasteiger partial charge in [-0.2, -0.15) is 0 Å². The molecule has 2 heterocycles. The van der Waals surface area contributed by atoms with Gasteiger partial charge in [0.05, 0.1) is 21.5 Å². The number of amides is 1. The first-order chi connectivity index (χ1) is 13.6. The maximum absolute atomic E-state index is 12.6. The predicted molar refractivity (Wildman–Crippen MR) is 109 cm³/mol. The van der Waals surface area contributed by atoms with Gasteiger partial charge in [-0.05, 0) is 25.1 Å². The van der Waals surface area contributed by atoms with E-state index in [1.165, 1.54) is 38.4 Å². The van der Waals surface area contributed by atoms with Gasteiger partial charge >= 0.3 is 0 Å². The highest BCUT2D eigenvalue weighted by Gasteiger charge is 2.25. The van der Waals surface area contributed by atoms with Crippen LogP contribution in [-0.4, -0.2) is 49.9 Å². The predicted octanol–water partition coefficient (Wildman–Crippen LogP) is 4.06.